The van der Waals surface area contributed by atoms with Crippen molar-refractivity contribution >= 4 is 17.9 Å². The second kappa shape index (κ2) is 7.18. The average Bonchev–Trinajstić information content (AvgIpc) is 2.49. The van der Waals surface area contributed by atoms with Gasteiger partial charge < -0.3 is 9.64 Å². The fourth-order valence-electron chi connectivity index (χ4n) is 2.21. The summed E-state index contributed by atoms with van der Waals surface area (Å²) in [5, 5.41) is -0.230. The molecule has 0 aromatic heterocycles. The summed E-state index contributed by atoms with van der Waals surface area (Å²) in [6.45, 7) is 0.558. The topological polar surface area (TPSA) is 29.5 Å². The Morgan fingerprint density at radius 1 is 1.14 bits per heavy atom. The van der Waals surface area contributed by atoms with E-state index in [4.69, 9.17) is 4.74 Å². The smallest absolute Gasteiger partial charge is 0.278 e. The highest BCUT2D eigenvalue weighted by atomic mass is 32.1. The van der Waals surface area contributed by atoms with Crippen LogP contribution in [-0.2, 0) is 13.0 Å². The van der Waals surface area contributed by atoms with E-state index in [0.717, 1.165) is 17.7 Å². The van der Waals surface area contributed by atoms with Crippen LogP contribution in [0.3, 0.4) is 0 Å². The lowest BCUT2D eigenvalue weighted by Gasteiger charge is -2.17. The number of carbonyl (C=O) groups excluding carboxylic acids is 1. The van der Waals surface area contributed by atoms with Gasteiger partial charge in [-0.2, -0.15) is 0 Å². The molecule has 21 heavy (non-hydrogen) atoms. The molecular formula is C17H19NO2S. The van der Waals surface area contributed by atoms with Crippen molar-refractivity contribution in [3.8, 4) is 5.75 Å². The number of rotatable bonds is 5. The molecule has 2 rings (SSSR count). The predicted octanol–water partition coefficient (Wildman–Crippen LogP) is 3.77. The molecule has 3 nitrogen and oxygen atoms in total. The van der Waals surface area contributed by atoms with Gasteiger partial charge in [0.25, 0.3) is 5.24 Å². The van der Waals surface area contributed by atoms with Crippen LogP contribution in [-0.4, -0.2) is 24.3 Å². The number of hydrogen-bond donors (Lipinski definition) is 1. The molecular weight excluding hydrogens is 282 g/mol. The van der Waals surface area contributed by atoms with Gasteiger partial charge in [-0.1, -0.05) is 49.0 Å². The molecule has 0 fully saturated rings. The quantitative estimate of drug-likeness (QED) is 0.852. The summed E-state index contributed by atoms with van der Waals surface area (Å²) in [4.78, 5) is 12.9. The maximum atomic E-state index is 11.3. The maximum Gasteiger partial charge on any atom is 0.278 e. The highest BCUT2D eigenvalue weighted by Crippen LogP contribution is 2.19. The molecule has 0 radical (unpaired) electrons. The SMILES string of the molecule is COc1cccc(Cc2ccccc2CN(C)C(=O)S)c1. The Kier molecular flexibility index (Phi) is 5.28. The van der Waals surface area contributed by atoms with E-state index in [1.54, 1.807) is 19.1 Å². The third-order valence-electron chi connectivity index (χ3n) is 3.38. The van der Waals surface area contributed by atoms with Gasteiger partial charge in [0.2, 0.25) is 0 Å². The molecule has 0 saturated carbocycles. The van der Waals surface area contributed by atoms with E-state index in [2.05, 4.69) is 24.8 Å². The summed E-state index contributed by atoms with van der Waals surface area (Å²) in [6.07, 6.45) is 0.808. The normalized spacial score (nSPS) is 10.2. The van der Waals surface area contributed by atoms with Crippen LogP contribution in [0.4, 0.5) is 4.79 Å². The van der Waals surface area contributed by atoms with E-state index < -0.39 is 0 Å². The highest BCUT2D eigenvalue weighted by molar-refractivity contribution is 7.96. The Hall–Kier alpha value is -1.94. The Balaban J connectivity index is 2.21. The van der Waals surface area contributed by atoms with Crippen LogP contribution in [0, 0.1) is 0 Å². The third-order valence-corrected chi connectivity index (χ3v) is 3.72. The summed E-state index contributed by atoms with van der Waals surface area (Å²) in [7, 11) is 3.41. The van der Waals surface area contributed by atoms with Crippen LogP contribution in [0.25, 0.3) is 0 Å². The van der Waals surface area contributed by atoms with Crippen LogP contribution < -0.4 is 4.74 Å². The first-order valence-electron chi connectivity index (χ1n) is 6.74. The summed E-state index contributed by atoms with van der Waals surface area (Å²) in [5.74, 6) is 0.854. The van der Waals surface area contributed by atoms with Crippen molar-refractivity contribution in [2.24, 2.45) is 0 Å². The summed E-state index contributed by atoms with van der Waals surface area (Å²) < 4.78 is 5.26. The van der Waals surface area contributed by atoms with Gasteiger partial charge >= 0.3 is 0 Å². The lowest BCUT2D eigenvalue weighted by Crippen LogP contribution is -2.21. The van der Waals surface area contributed by atoms with Gasteiger partial charge in [-0.3, -0.25) is 4.79 Å². The number of thiol groups is 1. The van der Waals surface area contributed by atoms with Crippen LogP contribution in [0.15, 0.2) is 48.5 Å². The van der Waals surface area contributed by atoms with Crippen molar-refractivity contribution in [3.63, 3.8) is 0 Å². The van der Waals surface area contributed by atoms with E-state index in [1.807, 2.05) is 36.4 Å². The van der Waals surface area contributed by atoms with Crippen molar-refractivity contribution in [3.05, 3.63) is 65.2 Å². The fraction of sp³-hybridized carbons (Fsp3) is 0.235. The van der Waals surface area contributed by atoms with E-state index in [9.17, 15) is 4.79 Å². The van der Waals surface area contributed by atoms with Gasteiger partial charge in [-0.05, 0) is 35.2 Å². The van der Waals surface area contributed by atoms with Gasteiger partial charge in [0, 0.05) is 13.6 Å². The number of ether oxygens (including phenoxy) is 1. The van der Waals surface area contributed by atoms with Crippen LogP contribution in [0.5, 0.6) is 5.75 Å². The van der Waals surface area contributed by atoms with Gasteiger partial charge in [0.15, 0.2) is 0 Å². The molecule has 0 aliphatic heterocycles. The molecule has 1 amide bonds. The number of hydrogen-bond acceptors (Lipinski definition) is 2. The first-order chi connectivity index (χ1) is 10.1. The van der Waals surface area contributed by atoms with Gasteiger partial charge in [0.05, 0.1) is 7.11 Å². The first-order valence-corrected chi connectivity index (χ1v) is 7.18. The minimum Gasteiger partial charge on any atom is -0.497 e. The Morgan fingerprint density at radius 2 is 1.86 bits per heavy atom. The molecule has 2 aromatic carbocycles. The minimum atomic E-state index is -0.230. The van der Waals surface area contributed by atoms with Gasteiger partial charge in [-0.15, -0.1) is 0 Å². The molecule has 0 atom stereocenters. The fourth-order valence-corrected chi connectivity index (χ4v) is 2.28. The highest BCUT2D eigenvalue weighted by Gasteiger charge is 2.09. The summed E-state index contributed by atoms with van der Waals surface area (Å²) >= 11 is 3.85. The molecule has 0 unspecified atom stereocenters. The standard InChI is InChI=1S/C17H19NO2S/c1-18(17(19)21)12-15-8-4-3-7-14(15)10-13-6-5-9-16(11-13)20-2/h3-9,11H,10,12H2,1-2H3,(H,19,21). The largest absolute Gasteiger partial charge is 0.497 e. The van der Waals surface area contributed by atoms with Crippen molar-refractivity contribution in [1.29, 1.82) is 0 Å². The molecule has 0 heterocycles. The molecule has 0 saturated heterocycles. The Labute approximate surface area is 131 Å². The van der Waals surface area contributed by atoms with Gasteiger partial charge in [-0.25, -0.2) is 0 Å². The minimum absolute atomic E-state index is 0.230. The lowest BCUT2D eigenvalue weighted by atomic mass is 9.99. The molecule has 4 heteroatoms. The van der Waals surface area contributed by atoms with Gasteiger partial charge in [0.1, 0.15) is 5.75 Å². The molecule has 0 aliphatic rings. The zero-order valence-electron chi connectivity index (χ0n) is 12.2. The number of benzene rings is 2. The molecule has 110 valence electrons. The molecule has 2 aromatic rings. The summed E-state index contributed by atoms with van der Waals surface area (Å²) in [5.41, 5.74) is 3.51. The second-order valence-corrected chi connectivity index (χ2v) is 5.32. The van der Waals surface area contributed by atoms with Crippen molar-refractivity contribution in [1.82, 2.24) is 4.90 Å². The van der Waals surface area contributed by atoms with Crippen molar-refractivity contribution < 1.29 is 9.53 Å². The number of nitrogens with zero attached hydrogens (tertiary/aromatic N) is 1. The molecule has 0 bridgehead atoms. The average molecular weight is 301 g/mol. The van der Waals surface area contributed by atoms with E-state index in [0.29, 0.717) is 6.54 Å². The zero-order chi connectivity index (χ0) is 15.2. The first kappa shape index (κ1) is 15.4. The Morgan fingerprint density at radius 3 is 2.52 bits per heavy atom. The molecule has 0 N–H and O–H groups in total. The van der Waals surface area contributed by atoms with E-state index in [-0.39, 0.29) is 5.24 Å². The van der Waals surface area contributed by atoms with Crippen LogP contribution in [0.1, 0.15) is 16.7 Å². The molecule has 0 spiro atoms. The maximum absolute atomic E-state index is 11.3. The molecule has 0 aliphatic carbocycles. The number of carbonyl (C=O) groups is 1. The predicted molar refractivity (Wildman–Crippen MR) is 88.1 cm³/mol. The summed E-state index contributed by atoms with van der Waals surface area (Å²) in [6, 6.07) is 16.2. The van der Waals surface area contributed by atoms with E-state index >= 15 is 0 Å². The van der Waals surface area contributed by atoms with E-state index in [1.165, 1.54) is 11.1 Å². The van der Waals surface area contributed by atoms with Crippen molar-refractivity contribution in [2.75, 3.05) is 14.2 Å². The van der Waals surface area contributed by atoms with Crippen LogP contribution >= 0.6 is 12.6 Å². The number of methoxy groups -OCH3 is 1. The van der Waals surface area contributed by atoms with Crippen molar-refractivity contribution in [2.45, 2.75) is 13.0 Å². The van der Waals surface area contributed by atoms with Crippen LogP contribution in [0.2, 0.25) is 0 Å². The Bertz CT molecular complexity index is 628. The second-order valence-electron chi connectivity index (χ2n) is 4.94. The zero-order valence-corrected chi connectivity index (χ0v) is 13.1. The number of amides is 1. The monoisotopic (exact) mass is 301 g/mol. The third kappa shape index (κ3) is 4.26. The lowest BCUT2D eigenvalue weighted by molar-refractivity contribution is 0.232.